The van der Waals surface area contributed by atoms with Crippen LogP contribution in [-0.4, -0.2) is 52.9 Å². The van der Waals surface area contributed by atoms with Crippen LogP contribution in [0.15, 0.2) is 46.9 Å². The first-order valence-corrected chi connectivity index (χ1v) is 11.7. The van der Waals surface area contributed by atoms with Crippen LogP contribution in [0.5, 0.6) is 5.75 Å². The number of ether oxygens (including phenoxy) is 2. The minimum absolute atomic E-state index is 0.292. The Balaban J connectivity index is 1.97. The van der Waals surface area contributed by atoms with Crippen molar-refractivity contribution in [2.75, 3.05) is 27.4 Å². The molecule has 2 aromatic heterocycles. The molecule has 9 nitrogen and oxygen atoms in total. The van der Waals surface area contributed by atoms with E-state index >= 15 is 0 Å². The van der Waals surface area contributed by atoms with Gasteiger partial charge in [-0.3, -0.25) is 4.79 Å². The van der Waals surface area contributed by atoms with Gasteiger partial charge in [0.25, 0.3) is 0 Å². The summed E-state index contributed by atoms with van der Waals surface area (Å²) in [6.07, 6.45) is 0. The highest BCUT2D eigenvalue weighted by atomic mass is 79.9. The lowest BCUT2D eigenvalue weighted by molar-refractivity contribution is -0.128. The zero-order valence-corrected chi connectivity index (χ0v) is 21.1. The van der Waals surface area contributed by atoms with Gasteiger partial charge < -0.3 is 20.5 Å². The number of aromatic nitrogens is 4. The summed E-state index contributed by atoms with van der Waals surface area (Å²) in [6.45, 7) is 4.47. The number of methoxy groups -OCH3 is 2. The number of hydrogen-bond acceptors (Lipinski definition) is 7. The molecule has 4 rings (SSSR count). The Morgan fingerprint density at radius 1 is 1.18 bits per heavy atom. The van der Waals surface area contributed by atoms with Crippen molar-refractivity contribution in [2.45, 2.75) is 19.4 Å². The molecule has 0 aliphatic heterocycles. The molecule has 2 aromatic carbocycles. The molecule has 0 saturated heterocycles. The van der Waals surface area contributed by atoms with Crippen LogP contribution in [-0.2, 0) is 15.1 Å². The van der Waals surface area contributed by atoms with Gasteiger partial charge in [-0.1, -0.05) is 19.9 Å². The summed E-state index contributed by atoms with van der Waals surface area (Å²) in [5.41, 5.74) is 7.39. The van der Waals surface area contributed by atoms with Crippen molar-refractivity contribution in [1.82, 2.24) is 24.9 Å². The van der Waals surface area contributed by atoms with E-state index in [1.165, 1.54) is 0 Å². The monoisotopic (exact) mass is 526 g/mol. The van der Waals surface area contributed by atoms with Gasteiger partial charge in [-0.2, -0.15) is 4.52 Å². The van der Waals surface area contributed by atoms with E-state index in [9.17, 15) is 4.79 Å². The van der Waals surface area contributed by atoms with Crippen LogP contribution in [0.2, 0.25) is 0 Å². The second-order valence-corrected chi connectivity index (χ2v) is 9.10. The first kappa shape index (κ1) is 24.1. The average molecular weight is 527 g/mol. The van der Waals surface area contributed by atoms with Crippen molar-refractivity contribution in [2.24, 2.45) is 11.7 Å². The van der Waals surface area contributed by atoms with Crippen LogP contribution >= 0.6 is 15.9 Å². The summed E-state index contributed by atoms with van der Waals surface area (Å²) in [5, 5.41) is 8.40. The summed E-state index contributed by atoms with van der Waals surface area (Å²) in [6, 6.07) is 13.2. The van der Waals surface area contributed by atoms with Crippen LogP contribution in [0.3, 0.4) is 0 Å². The smallest absolute Gasteiger partial charge is 0.248 e. The van der Waals surface area contributed by atoms with Gasteiger partial charge in [-0.15, -0.1) is 5.10 Å². The second-order valence-electron chi connectivity index (χ2n) is 8.24. The first-order chi connectivity index (χ1) is 16.3. The number of benzene rings is 2. The molecule has 0 aliphatic rings. The van der Waals surface area contributed by atoms with Crippen LogP contribution in [0.1, 0.15) is 19.7 Å². The fourth-order valence-electron chi connectivity index (χ4n) is 3.76. The third kappa shape index (κ3) is 4.13. The highest BCUT2D eigenvalue weighted by Crippen LogP contribution is 2.33. The number of hydrogen-bond donors (Lipinski definition) is 2. The Morgan fingerprint density at radius 3 is 2.56 bits per heavy atom. The molecule has 4 aromatic rings. The molecule has 0 bridgehead atoms. The summed E-state index contributed by atoms with van der Waals surface area (Å²) < 4.78 is 12.7. The van der Waals surface area contributed by atoms with Crippen molar-refractivity contribution in [3.05, 3.63) is 52.8 Å². The molecule has 3 N–H and O–H groups in total. The number of carbonyl (C=O) groups excluding carboxylic acids is 1. The lowest BCUT2D eigenvalue weighted by Crippen LogP contribution is -2.56. The molecule has 0 fully saturated rings. The Morgan fingerprint density at radius 2 is 1.91 bits per heavy atom. The summed E-state index contributed by atoms with van der Waals surface area (Å²) in [4.78, 5) is 23.1. The minimum atomic E-state index is -1.47. The van der Waals surface area contributed by atoms with E-state index in [4.69, 9.17) is 30.3 Å². The fourth-order valence-corrected chi connectivity index (χ4v) is 4.22. The van der Waals surface area contributed by atoms with Crippen LogP contribution < -0.4 is 15.8 Å². The number of para-hydroxylation sites is 1. The number of nitrogens with one attached hydrogen (secondary N) is 1. The molecular formula is C24H27BrN6O3. The number of nitrogens with two attached hydrogens (primary N) is 1. The maximum atomic E-state index is 13.4. The molecule has 10 heteroatoms. The van der Waals surface area contributed by atoms with Crippen LogP contribution in [0, 0.1) is 5.92 Å². The molecule has 0 aliphatic carbocycles. The molecule has 34 heavy (non-hydrogen) atoms. The third-order valence-electron chi connectivity index (χ3n) is 5.85. The lowest BCUT2D eigenvalue weighted by atomic mass is 9.85. The fraction of sp³-hybridized carbons (Fsp3) is 0.333. The molecule has 2 heterocycles. The van der Waals surface area contributed by atoms with E-state index in [-0.39, 0.29) is 11.8 Å². The van der Waals surface area contributed by atoms with Crippen molar-refractivity contribution < 1.29 is 14.3 Å². The van der Waals surface area contributed by atoms with Gasteiger partial charge in [0, 0.05) is 29.1 Å². The van der Waals surface area contributed by atoms with Gasteiger partial charge in [0.2, 0.25) is 5.91 Å². The lowest BCUT2D eigenvalue weighted by Gasteiger charge is -2.31. The standard InChI is InChI=1S/C24H27BrN6O3/c1-14(2)24(26,23(32)27-12-13-33-3)22-28-19-17(6-5-7-18(19)25)21-29-20(30-31(21)22)15-8-10-16(34-4)11-9-15/h5-11,14H,12-13,26H2,1-4H3,(H,27,32)/t24-/m0/s1. The van der Waals surface area contributed by atoms with Crippen molar-refractivity contribution in [3.8, 4) is 17.1 Å². The number of rotatable bonds is 8. The predicted octanol–water partition coefficient (Wildman–Crippen LogP) is 3.29. The highest BCUT2D eigenvalue weighted by molar-refractivity contribution is 9.10. The number of amides is 1. The second kappa shape index (κ2) is 9.65. The summed E-state index contributed by atoms with van der Waals surface area (Å²) in [7, 11) is 3.19. The molecule has 0 saturated carbocycles. The van der Waals surface area contributed by atoms with Crippen molar-refractivity contribution in [1.29, 1.82) is 0 Å². The predicted molar refractivity (Wildman–Crippen MR) is 134 cm³/mol. The Hall–Kier alpha value is -3.08. The Labute approximate surface area is 205 Å². The normalized spacial score (nSPS) is 13.4. The van der Waals surface area contributed by atoms with E-state index in [1.54, 1.807) is 18.7 Å². The zero-order chi connectivity index (χ0) is 24.5. The van der Waals surface area contributed by atoms with E-state index < -0.39 is 5.54 Å². The Kier molecular flexibility index (Phi) is 6.83. The summed E-state index contributed by atoms with van der Waals surface area (Å²) in [5.74, 6) is 0.876. The molecule has 1 atom stereocenters. The zero-order valence-electron chi connectivity index (χ0n) is 19.5. The quantitative estimate of drug-likeness (QED) is 0.338. The maximum absolute atomic E-state index is 13.4. The number of nitrogens with zero attached hydrogens (tertiary/aromatic N) is 4. The summed E-state index contributed by atoms with van der Waals surface area (Å²) >= 11 is 3.58. The molecule has 178 valence electrons. The van der Waals surface area contributed by atoms with Gasteiger partial charge in [-0.05, 0) is 58.2 Å². The van der Waals surface area contributed by atoms with Gasteiger partial charge in [-0.25, -0.2) is 9.97 Å². The SMILES string of the molecule is COCCNC(=O)[C@@](N)(c1nc2c(Br)cccc2c2nc(-c3ccc(OC)cc3)nn12)C(C)C. The third-order valence-corrected chi connectivity index (χ3v) is 6.49. The molecule has 0 radical (unpaired) electrons. The molecule has 0 unspecified atom stereocenters. The van der Waals surface area contributed by atoms with E-state index in [0.717, 1.165) is 21.2 Å². The highest BCUT2D eigenvalue weighted by Gasteiger charge is 2.44. The minimum Gasteiger partial charge on any atom is -0.497 e. The van der Waals surface area contributed by atoms with Crippen LogP contribution in [0.4, 0.5) is 0 Å². The number of carbonyl (C=O) groups is 1. The van der Waals surface area contributed by atoms with Crippen molar-refractivity contribution in [3.63, 3.8) is 0 Å². The van der Waals surface area contributed by atoms with Gasteiger partial charge >= 0.3 is 0 Å². The van der Waals surface area contributed by atoms with E-state index in [0.29, 0.717) is 36.0 Å². The largest absolute Gasteiger partial charge is 0.497 e. The molecular weight excluding hydrogens is 500 g/mol. The molecule has 1 amide bonds. The number of fused-ring (bicyclic) bond motifs is 3. The van der Waals surface area contributed by atoms with E-state index in [2.05, 4.69) is 21.2 Å². The Bertz CT molecular complexity index is 1340. The van der Waals surface area contributed by atoms with Gasteiger partial charge in [0.15, 0.2) is 22.8 Å². The molecule has 0 spiro atoms. The van der Waals surface area contributed by atoms with E-state index in [1.807, 2.05) is 56.3 Å². The van der Waals surface area contributed by atoms with Crippen LogP contribution in [0.25, 0.3) is 27.9 Å². The van der Waals surface area contributed by atoms with Gasteiger partial charge in [0.1, 0.15) is 5.75 Å². The van der Waals surface area contributed by atoms with Crippen molar-refractivity contribution >= 4 is 38.4 Å². The van der Waals surface area contributed by atoms with Gasteiger partial charge in [0.05, 0.1) is 19.2 Å². The average Bonchev–Trinajstić information content (AvgIpc) is 3.29. The maximum Gasteiger partial charge on any atom is 0.248 e. The topological polar surface area (TPSA) is 117 Å². The number of halogens is 1. The first-order valence-electron chi connectivity index (χ1n) is 10.9.